The van der Waals surface area contributed by atoms with Crippen LogP contribution in [0.1, 0.15) is 32.6 Å². The van der Waals surface area contributed by atoms with Crippen molar-refractivity contribution in [2.45, 2.75) is 38.6 Å². The van der Waals surface area contributed by atoms with Crippen LogP contribution in [-0.2, 0) is 14.3 Å². The molecule has 25 heavy (non-hydrogen) atoms. The molecule has 1 aromatic rings. The molecule has 1 aliphatic rings. The molecule has 0 radical (unpaired) electrons. The van der Waals surface area contributed by atoms with Crippen LogP contribution in [0.3, 0.4) is 0 Å². The second kappa shape index (κ2) is 9.00. The van der Waals surface area contributed by atoms with Gasteiger partial charge >= 0.3 is 11.7 Å². The minimum absolute atomic E-state index is 0.0232. The van der Waals surface area contributed by atoms with Crippen molar-refractivity contribution in [1.29, 1.82) is 0 Å². The van der Waals surface area contributed by atoms with E-state index in [9.17, 15) is 19.7 Å². The fourth-order valence-corrected chi connectivity index (χ4v) is 2.83. The van der Waals surface area contributed by atoms with Crippen LogP contribution >= 0.6 is 0 Å². The van der Waals surface area contributed by atoms with Crippen molar-refractivity contribution in [3.05, 3.63) is 34.4 Å². The third kappa shape index (κ3) is 5.74. The minimum Gasteiger partial charge on any atom is -0.475 e. The molecule has 0 aromatic heterocycles. The van der Waals surface area contributed by atoms with Gasteiger partial charge in [0.15, 0.2) is 19.0 Å². The lowest BCUT2D eigenvalue weighted by molar-refractivity contribution is -0.385. The molecular formula is C17H22N2O6. The fourth-order valence-electron chi connectivity index (χ4n) is 2.83. The van der Waals surface area contributed by atoms with Gasteiger partial charge in [-0.3, -0.25) is 14.9 Å². The van der Waals surface area contributed by atoms with Crippen LogP contribution in [0.5, 0.6) is 5.75 Å². The molecule has 0 heterocycles. The van der Waals surface area contributed by atoms with E-state index in [4.69, 9.17) is 9.47 Å². The van der Waals surface area contributed by atoms with Gasteiger partial charge in [-0.2, -0.15) is 0 Å². The predicted octanol–water partition coefficient (Wildman–Crippen LogP) is 2.21. The SMILES string of the molecule is C[C@H]1CCCC[C@H]1NC(=O)COC(=O)COc1ccccc1[N+](=O)[O-]. The summed E-state index contributed by atoms with van der Waals surface area (Å²) in [6.07, 6.45) is 4.26. The summed E-state index contributed by atoms with van der Waals surface area (Å²) in [6.45, 7) is 1.21. The molecule has 0 unspecified atom stereocenters. The van der Waals surface area contributed by atoms with Crippen molar-refractivity contribution in [3.63, 3.8) is 0 Å². The smallest absolute Gasteiger partial charge is 0.344 e. The van der Waals surface area contributed by atoms with E-state index in [1.807, 2.05) is 0 Å². The van der Waals surface area contributed by atoms with Crippen molar-refractivity contribution in [1.82, 2.24) is 5.32 Å². The largest absolute Gasteiger partial charge is 0.475 e. The van der Waals surface area contributed by atoms with Crippen LogP contribution in [0.15, 0.2) is 24.3 Å². The normalized spacial score (nSPS) is 19.7. The minimum atomic E-state index is -0.759. The summed E-state index contributed by atoms with van der Waals surface area (Å²) < 4.78 is 9.97. The lowest BCUT2D eigenvalue weighted by atomic mass is 9.86. The average molecular weight is 350 g/mol. The van der Waals surface area contributed by atoms with E-state index in [-0.39, 0.29) is 30.0 Å². The Morgan fingerprint density at radius 1 is 1.24 bits per heavy atom. The maximum atomic E-state index is 11.9. The molecule has 0 saturated heterocycles. The number of carbonyl (C=O) groups excluding carboxylic acids is 2. The van der Waals surface area contributed by atoms with Crippen LogP contribution in [-0.4, -0.2) is 36.1 Å². The second-order valence-corrected chi connectivity index (χ2v) is 6.11. The molecule has 1 aliphatic carbocycles. The zero-order valence-electron chi connectivity index (χ0n) is 14.1. The first-order valence-electron chi connectivity index (χ1n) is 8.28. The Bertz CT molecular complexity index is 633. The summed E-state index contributed by atoms with van der Waals surface area (Å²) in [4.78, 5) is 33.8. The number of amides is 1. The molecule has 1 N–H and O–H groups in total. The van der Waals surface area contributed by atoms with Gasteiger partial charge in [0.2, 0.25) is 0 Å². The quantitative estimate of drug-likeness (QED) is 0.459. The van der Waals surface area contributed by atoms with E-state index in [2.05, 4.69) is 12.2 Å². The van der Waals surface area contributed by atoms with E-state index in [1.54, 1.807) is 6.07 Å². The van der Waals surface area contributed by atoms with Crippen molar-refractivity contribution >= 4 is 17.6 Å². The van der Waals surface area contributed by atoms with Crippen molar-refractivity contribution in [3.8, 4) is 5.75 Å². The number of para-hydroxylation sites is 2. The number of carbonyl (C=O) groups is 2. The van der Waals surface area contributed by atoms with Gasteiger partial charge in [-0.25, -0.2) is 4.79 Å². The van der Waals surface area contributed by atoms with E-state index < -0.39 is 17.5 Å². The Morgan fingerprint density at radius 3 is 2.68 bits per heavy atom. The van der Waals surface area contributed by atoms with Crippen molar-refractivity contribution in [2.75, 3.05) is 13.2 Å². The molecule has 0 spiro atoms. The summed E-state index contributed by atoms with van der Waals surface area (Å²) in [6, 6.07) is 5.84. The van der Waals surface area contributed by atoms with Crippen LogP contribution in [0.2, 0.25) is 0 Å². The number of nitrogens with one attached hydrogen (secondary N) is 1. The first-order valence-corrected chi connectivity index (χ1v) is 8.28. The van der Waals surface area contributed by atoms with Gasteiger partial charge in [0, 0.05) is 12.1 Å². The van der Waals surface area contributed by atoms with Crippen LogP contribution in [0.25, 0.3) is 0 Å². The van der Waals surface area contributed by atoms with Crippen molar-refractivity contribution < 1.29 is 24.0 Å². The molecule has 1 amide bonds. The van der Waals surface area contributed by atoms with Gasteiger partial charge in [0.05, 0.1) is 4.92 Å². The monoisotopic (exact) mass is 350 g/mol. The first-order chi connectivity index (χ1) is 12.0. The molecule has 136 valence electrons. The first kappa shape index (κ1) is 18.7. The average Bonchev–Trinajstić information content (AvgIpc) is 2.60. The molecule has 1 saturated carbocycles. The highest BCUT2D eigenvalue weighted by Gasteiger charge is 2.23. The molecule has 0 bridgehead atoms. The number of nitro benzene ring substituents is 1. The zero-order chi connectivity index (χ0) is 18.2. The van der Waals surface area contributed by atoms with E-state index in [0.29, 0.717) is 5.92 Å². The summed E-state index contributed by atoms with van der Waals surface area (Å²) in [5, 5.41) is 13.7. The third-order valence-electron chi connectivity index (χ3n) is 4.23. The highest BCUT2D eigenvalue weighted by Crippen LogP contribution is 2.25. The molecular weight excluding hydrogens is 328 g/mol. The Kier molecular flexibility index (Phi) is 6.73. The zero-order valence-corrected chi connectivity index (χ0v) is 14.1. The lowest BCUT2D eigenvalue weighted by Crippen LogP contribution is -2.43. The van der Waals surface area contributed by atoms with Crippen LogP contribution in [0.4, 0.5) is 5.69 Å². The number of benzene rings is 1. The fraction of sp³-hybridized carbons (Fsp3) is 0.529. The number of ether oxygens (including phenoxy) is 2. The van der Waals surface area contributed by atoms with Gasteiger partial charge in [-0.15, -0.1) is 0 Å². The number of rotatable bonds is 7. The topological polar surface area (TPSA) is 108 Å². The number of hydrogen-bond donors (Lipinski definition) is 1. The summed E-state index contributed by atoms with van der Waals surface area (Å²) in [5.74, 6) is -0.719. The van der Waals surface area contributed by atoms with Crippen LogP contribution < -0.4 is 10.1 Å². The van der Waals surface area contributed by atoms with Gasteiger partial charge in [0.1, 0.15) is 0 Å². The van der Waals surface area contributed by atoms with E-state index in [1.165, 1.54) is 24.6 Å². The Labute approximate surface area is 145 Å². The van der Waals surface area contributed by atoms with Gasteiger partial charge in [-0.05, 0) is 24.8 Å². The van der Waals surface area contributed by atoms with Crippen molar-refractivity contribution in [2.24, 2.45) is 5.92 Å². The Balaban J connectivity index is 1.73. The highest BCUT2D eigenvalue weighted by molar-refractivity contribution is 5.81. The van der Waals surface area contributed by atoms with E-state index in [0.717, 1.165) is 19.3 Å². The lowest BCUT2D eigenvalue weighted by Gasteiger charge is -2.29. The molecule has 2 atom stereocenters. The van der Waals surface area contributed by atoms with Gasteiger partial charge in [0.25, 0.3) is 5.91 Å². The molecule has 1 aromatic carbocycles. The number of nitrogens with zero attached hydrogens (tertiary/aromatic N) is 1. The maximum absolute atomic E-state index is 11.9. The van der Waals surface area contributed by atoms with E-state index >= 15 is 0 Å². The molecule has 2 rings (SSSR count). The molecule has 1 fully saturated rings. The highest BCUT2D eigenvalue weighted by atomic mass is 16.6. The standard InChI is InChI=1S/C17H22N2O6/c1-12-6-2-3-7-13(12)18-16(20)10-25-17(21)11-24-15-9-5-4-8-14(15)19(22)23/h4-5,8-9,12-13H,2-3,6-7,10-11H2,1H3,(H,18,20)/t12-,13+/m0/s1. The molecule has 8 heteroatoms. The Morgan fingerprint density at radius 2 is 1.96 bits per heavy atom. The van der Waals surface area contributed by atoms with Gasteiger partial charge < -0.3 is 14.8 Å². The Hall–Kier alpha value is -2.64. The summed E-state index contributed by atoms with van der Waals surface area (Å²) in [5.41, 5.74) is -0.237. The van der Waals surface area contributed by atoms with Crippen LogP contribution in [0, 0.1) is 16.0 Å². The summed E-state index contributed by atoms with van der Waals surface area (Å²) in [7, 11) is 0. The maximum Gasteiger partial charge on any atom is 0.344 e. The third-order valence-corrected chi connectivity index (χ3v) is 4.23. The molecule has 0 aliphatic heterocycles. The number of esters is 1. The number of hydrogen-bond acceptors (Lipinski definition) is 6. The summed E-state index contributed by atoms with van der Waals surface area (Å²) >= 11 is 0. The number of nitro groups is 1. The predicted molar refractivity (Wildman–Crippen MR) is 89.1 cm³/mol. The molecule has 8 nitrogen and oxygen atoms in total. The second-order valence-electron chi connectivity index (χ2n) is 6.11. The van der Waals surface area contributed by atoms with Gasteiger partial charge in [-0.1, -0.05) is 31.9 Å².